The average Bonchev–Trinajstić information content (AvgIpc) is 2.68. The van der Waals surface area contributed by atoms with Crippen LogP contribution in [0.5, 0.6) is 0 Å². The van der Waals surface area contributed by atoms with Gasteiger partial charge in [0.15, 0.2) is 5.43 Å². The normalized spacial score (nSPS) is 15.7. The van der Waals surface area contributed by atoms with Crippen molar-refractivity contribution in [1.29, 1.82) is 0 Å². The Bertz CT molecular complexity index is 1280. The van der Waals surface area contributed by atoms with Crippen molar-refractivity contribution < 1.29 is 18.7 Å². The number of carboxylic acids is 1. The zero-order valence-corrected chi connectivity index (χ0v) is 18.7. The number of rotatable bonds is 6. The Kier molecular flexibility index (Phi) is 5.48. The maximum atomic E-state index is 13.2. The summed E-state index contributed by atoms with van der Waals surface area (Å²) in [4.78, 5) is 33.0. The fourth-order valence-corrected chi connectivity index (χ4v) is 4.73. The molecule has 3 aromatic rings. The number of carbonyl (C=O) groups is 1. The summed E-state index contributed by atoms with van der Waals surface area (Å²) < 4.78 is 27.9. The zero-order valence-electron chi connectivity index (χ0n) is 17.9. The van der Waals surface area contributed by atoms with E-state index in [-0.39, 0.29) is 35.2 Å². The Balaban J connectivity index is 1.92. The van der Waals surface area contributed by atoms with Crippen molar-refractivity contribution >= 4 is 51.0 Å². The molecule has 0 bridgehead atoms. The standard InChI is InChI=1S/C22H23ClF2N4O3/c1-27(2)19-15(23)6-4-13-18(19)29(11-17(30)31)21-14(20(13)32)5-7-16(26-21)28(3)10-12-8-22(24,25)9-12/h4-7,12H,8-11H2,1-3H3,(H,30,31). The fourth-order valence-electron chi connectivity index (χ4n) is 4.41. The van der Waals surface area contributed by atoms with Gasteiger partial charge >= 0.3 is 5.97 Å². The smallest absolute Gasteiger partial charge is 0.323 e. The van der Waals surface area contributed by atoms with Gasteiger partial charge in [-0.1, -0.05) is 11.6 Å². The minimum Gasteiger partial charge on any atom is -0.480 e. The lowest BCUT2D eigenvalue weighted by Gasteiger charge is -2.37. The summed E-state index contributed by atoms with van der Waals surface area (Å²) in [6.07, 6.45) is -0.325. The molecule has 1 saturated carbocycles. The highest BCUT2D eigenvalue weighted by atomic mass is 35.5. The summed E-state index contributed by atoms with van der Waals surface area (Å²) >= 11 is 6.40. The third-order valence-electron chi connectivity index (χ3n) is 5.82. The highest BCUT2D eigenvalue weighted by molar-refractivity contribution is 6.35. The van der Waals surface area contributed by atoms with Crippen LogP contribution in [-0.2, 0) is 11.3 Å². The molecule has 0 saturated heterocycles. The van der Waals surface area contributed by atoms with E-state index < -0.39 is 18.4 Å². The molecule has 0 aliphatic heterocycles. The number of halogens is 3. The molecule has 10 heteroatoms. The van der Waals surface area contributed by atoms with Gasteiger partial charge in [0, 0.05) is 45.9 Å². The molecule has 2 aromatic heterocycles. The lowest BCUT2D eigenvalue weighted by Crippen LogP contribution is -2.41. The molecule has 2 heterocycles. The van der Waals surface area contributed by atoms with Crippen LogP contribution in [0.25, 0.3) is 21.9 Å². The van der Waals surface area contributed by atoms with E-state index >= 15 is 0 Å². The Morgan fingerprint density at radius 2 is 1.88 bits per heavy atom. The third kappa shape index (κ3) is 3.85. The van der Waals surface area contributed by atoms with E-state index in [4.69, 9.17) is 11.6 Å². The van der Waals surface area contributed by atoms with Crippen LogP contribution in [0, 0.1) is 5.92 Å². The Labute approximate surface area is 187 Å². The van der Waals surface area contributed by atoms with Crippen molar-refractivity contribution in [2.24, 2.45) is 5.92 Å². The van der Waals surface area contributed by atoms with Crippen LogP contribution in [0.4, 0.5) is 20.3 Å². The van der Waals surface area contributed by atoms with E-state index in [1.807, 2.05) is 0 Å². The van der Waals surface area contributed by atoms with E-state index in [0.29, 0.717) is 34.0 Å². The van der Waals surface area contributed by atoms with Crippen molar-refractivity contribution in [1.82, 2.24) is 9.55 Å². The Hall–Kier alpha value is -2.94. The van der Waals surface area contributed by atoms with Gasteiger partial charge in [-0.3, -0.25) is 9.59 Å². The second-order valence-electron chi connectivity index (χ2n) is 8.55. The number of carboxylic acid groups (broad SMARTS) is 1. The maximum Gasteiger partial charge on any atom is 0.323 e. The van der Waals surface area contributed by atoms with Gasteiger partial charge in [-0.15, -0.1) is 0 Å². The molecule has 0 spiro atoms. The molecule has 4 rings (SSSR count). The minimum absolute atomic E-state index is 0.149. The molecule has 1 aliphatic carbocycles. The van der Waals surface area contributed by atoms with Crippen molar-refractivity contribution in [2.75, 3.05) is 37.5 Å². The predicted molar refractivity (Wildman–Crippen MR) is 121 cm³/mol. The number of pyridine rings is 2. The number of hydrogen-bond acceptors (Lipinski definition) is 5. The summed E-state index contributed by atoms with van der Waals surface area (Å²) in [5.41, 5.74) is 0.824. The van der Waals surface area contributed by atoms with Crippen molar-refractivity contribution in [3.8, 4) is 0 Å². The lowest BCUT2D eigenvalue weighted by atomic mass is 9.81. The molecule has 1 aromatic carbocycles. The van der Waals surface area contributed by atoms with E-state index in [1.54, 1.807) is 55.2 Å². The van der Waals surface area contributed by atoms with Crippen LogP contribution in [-0.4, -0.2) is 54.2 Å². The second kappa shape index (κ2) is 7.88. The number of nitrogens with zero attached hydrogens (tertiary/aromatic N) is 4. The molecule has 0 radical (unpaired) electrons. The predicted octanol–water partition coefficient (Wildman–Crippen LogP) is 3.84. The first-order valence-electron chi connectivity index (χ1n) is 10.1. The number of aliphatic carboxylic acids is 1. The summed E-state index contributed by atoms with van der Waals surface area (Å²) in [5, 5.41) is 10.6. The number of hydrogen-bond donors (Lipinski definition) is 1. The average molecular weight is 465 g/mol. The fraction of sp³-hybridized carbons (Fsp3) is 0.409. The molecule has 7 nitrogen and oxygen atoms in total. The van der Waals surface area contributed by atoms with Crippen LogP contribution < -0.4 is 15.2 Å². The molecule has 32 heavy (non-hydrogen) atoms. The molecule has 0 unspecified atom stereocenters. The van der Waals surface area contributed by atoms with Gasteiger partial charge in [-0.25, -0.2) is 13.8 Å². The van der Waals surface area contributed by atoms with Crippen molar-refractivity contribution in [3.05, 3.63) is 39.5 Å². The highest BCUT2D eigenvalue weighted by Gasteiger charge is 2.45. The first-order chi connectivity index (χ1) is 15.0. The van der Waals surface area contributed by atoms with Gasteiger partial charge < -0.3 is 19.5 Å². The van der Waals surface area contributed by atoms with Gasteiger partial charge in [0.05, 0.1) is 21.6 Å². The van der Waals surface area contributed by atoms with Gasteiger partial charge in [-0.2, -0.15) is 0 Å². The monoisotopic (exact) mass is 464 g/mol. The van der Waals surface area contributed by atoms with Gasteiger partial charge in [0.1, 0.15) is 18.0 Å². The van der Waals surface area contributed by atoms with E-state index in [9.17, 15) is 23.5 Å². The Morgan fingerprint density at radius 3 is 2.47 bits per heavy atom. The zero-order chi connectivity index (χ0) is 23.4. The van der Waals surface area contributed by atoms with E-state index in [0.717, 1.165) is 0 Å². The highest BCUT2D eigenvalue weighted by Crippen LogP contribution is 2.43. The van der Waals surface area contributed by atoms with Crippen LogP contribution in [0.2, 0.25) is 5.02 Å². The largest absolute Gasteiger partial charge is 0.480 e. The van der Waals surface area contributed by atoms with Gasteiger partial charge in [0.25, 0.3) is 0 Å². The van der Waals surface area contributed by atoms with Crippen LogP contribution in [0.15, 0.2) is 29.1 Å². The summed E-state index contributed by atoms with van der Waals surface area (Å²) in [6.45, 7) is -0.0386. The van der Waals surface area contributed by atoms with Crippen LogP contribution >= 0.6 is 11.6 Å². The topological polar surface area (TPSA) is 78.7 Å². The first-order valence-corrected chi connectivity index (χ1v) is 10.5. The number of fused-ring (bicyclic) bond motifs is 2. The van der Waals surface area contributed by atoms with Crippen LogP contribution in [0.3, 0.4) is 0 Å². The minimum atomic E-state index is -2.61. The summed E-state index contributed by atoms with van der Waals surface area (Å²) in [7, 11) is 5.26. The van der Waals surface area contributed by atoms with Gasteiger partial charge in [0.2, 0.25) is 5.92 Å². The molecule has 0 amide bonds. The van der Waals surface area contributed by atoms with Crippen LogP contribution in [0.1, 0.15) is 12.8 Å². The molecule has 1 aliphatic rings. The number of benzene rings is 1. The molecule has 1 fully saturated rings. The van der Waals surface area contributed by atoms with Gasteiger partial charge in [-0.05, 0) is 30.2 Å². The van der Waals surface area contributed by atoms with E-state index in [1.165, 1.54) is 4.57 Å². The SMILES string of the molecule is CN(C)c1c(Cl)ccc2c(=O)c3ccc(N(C)CC4CC(F)(F)C4)nc3n(CC(=O)O)c12. The Morgan fingerprint density at radius 1 is 1.22 bits per heavy atom. The molecular formula is C22H23ClF2N4O3. The molecular weight excluding hydrogens is 442 g/mol. The number of aromatic nitrogens is 2. The lowest BCUT2D eigenvalue weighted by molar-refractivity contribution is -0.137. The number of anilines is 2. The first kappa shape index (κ1) is 22.3. The quantitative estimate of drug-likeness (QED) is 0.558. The molecule has 1 N–H and O–H groups in total. The van der Waals surface area contributed by atoms with Crippen molar-refractivity contribution in [2.45, 2.75) is 25.3 Å². The maximum absolute atomic E-state index is 13.2. The van der Waals surface area contributed by atoms with E-state index in [2.05, 4.69) is 4.98 Å². The molecule has 0 atom stereocenters. The number of alkyl halides is 2. The third-order valence-corrected chi connectivity index (χ3v) is 6.12. The summed E-state index contributed by atoms with van der Waals surface area (Å²) in [5.74, 6) is -3.38. The summed E-state index contributed by atoms with van der Waals surface area (Å²) in [6, 6.07) is 6.46. The second-order valence-corrected chi connectivity index (χ2v) is 8.95. The molecule has 170 valence electrons. The van der Waals surface area contributed by atoms with Crippen molar-refractivity contribution in [3.63, 3.8) is 0 Å².